The molecule has 1 fully saturated rings. The largest absolute Gasteiger partial charge is 0.330 e. The molecule has 2 aromatic rings. The second-order valence-electron chi connectivity index (χ2n) is 6.81. The predicted molar refractivity (Wildman–Crippen MR) is 104 cm³/mol. The van der Waals surface area contributed by atoms with E-state index in [1.807, 2.05) is 4.90 Å². The van der Waals surface area contributed by atoms with Crippen LogP contribution in [-0.4, -0.2) is 57.9 Å². The lowest BCUT2D eigenvalue weighted by molar-refractivity contribution is -0.385. The van der Waals surface area contributed by atoms with Gasteiger partial charge in [-0.1, -0.05) is 6.07 Å². The number of sulfonamides is 1. The molecule has 0 spiro atoms. The van der Waals surface area contributed by atoms with Crippen LogP contribution in [0.25, 0.3) is 0 Å². The van der Waals surface area contributed by atoms with Crippen LogP contribution in [0, 0.1) is 10.1 Å². The highest BCUT2D eigenvalue weighted by molar-refractivity contribution is 7.89. The van der Waals surface area contributed by atoms with Crippen LogP contribution in [0.2, 0.25) is 0 Å². The standard InChI is InChI=1S/C17H21N5O6S/c1-18-14(11-16(23)19(2)17(18)24)12-20-6-8-21(9-7-20)29(27,28)15-5-3-4-13(10-15)22(25)26/h3-5,10-11H,6-9,12H2,1-2H3. The van der Waals surface area contributed by atoms with Crippen molar-refractivity contribution in [2.24, 2.45) is 14.1 Å². The van der Waals surface area contributed by atoms with Crippen molar-refractivity contribution in [1.29, 1.82) is 0 Å². The maximum absolute atomic E-state index is 12.8. The highest BCUT2D eigenvalue weighted by atomic mass is 32.2. The average Bonchev–Trinajstić information content (AvgIpc) is 2.71. The molecule has 0 atom stereocenters. The molecule has 0 unspecified atom stereocenters. The van der Waals surface area contributed by atoms with Gasteiger partial charge in [0.05, 0.1) is 9.82 Å². The first kappa shape index (κ1) is 20.9. The van der Waals surface area contributed by atoms with Gasteiger partial charge in [0.25, 0.3) is 11.2 Å². The highest BCUT2D eigenvalue weighted by Gasteiger charge is 2.29. The number of non-ortho nitro benzene ring substituents is 1. The van der Waals surface area contributed by atoms with Gasteiger partial charge in [-0.3, -0.25) is 28.9 Å². The van der Waals surface area contributed by atoms with Crippen molar-refractivity contribution in [2.75, 3.05) is 26.2 Å². The molecule has 1 aliphatic heterocycles. The average molecular weight is 423 g/mol. The molecule has 3 rings (SSSR count). The van der Waals surface area contributed by atoms with Crippen LogP contribution in [0.4, 0.5) is 5.69 Å². The van der Waals surface area contributed by atoms with E-state index < -0.39 is 26.2 Å². The first-order valence-electron chi connectivity index (χ1n) is 8.84. The molecule has 156 valence electrons. The second kappa shape index (κ2) is 7.89. The van der Waals surface area contributed by atoms with Crippen LogP contribution in [0.15, 0.2) is 44.8 Å². The number of aromatic nitrogens is 2. The van der Waals surface area contributed by atoms with E-state index in [0.717, 1.165) is 10.6 Å². The van der Waals surface area contributed by atoms with Crippen LogP contribution < -0.4 is 11.2 Å². The fraction of sp³-hybridized carbons (Fsp3) is 0.412. The van der Waals surface area contributed by atoms with Gasteiger partial charge in [-0.25, -0.2) is 13.2 Å². The van der Waals surface area contributed by atoms with Gasteiger partial charge in [-0.15, -0.1) is 0 Å². The summed E-state index contributed by atoms with van der Waals surface area (Å²) in [5.41, 5.74) is -0.543. The van der Waals surface area contributed by atoms with E-state index >= 15 is 0 Å². The molecule has 1 aliphatic rings. The first-order chi connectivity index (χ1) is 13.6. The van der Waals surface area contributed by atoms with Crippen LogP contribution >= 0.6 is 0 Å². The molecule has 0 bridgehead atoms. The summed E-state index contributed by atoms with van der Waals surface area (Å²) in [6, 6.07) is 6.37. The van der Waals surface area contributed by atoms with Crippen LogP contribution in [0.3, 0.4) is 0 Å². The Kier molecular flexibility index (Phi) is 5.68. The smallest absolute Gasteiger partial charge is 0.299 e. The fourth-order valence-corrected chi connectivity index (χ4v) is 4.66. The van der Waals surface area contributed by atoms with E-state index in [4.69, 9.17) is 0 Å². The molecule has 1 aromatic heterocycles. The van der Waals surface area contributed by atoms with Gasteiger partial charge in [0.1, 0.15) is 0 Å². The lowest BCUT2D eigenvalue weighted by Gasteiger charge is -2.34. The number of nitro benzene ring substituents is 1. The minimum Gasteiger partial charge on any atom is -0.299 e. The third-order valence-electron chi connectivity index (χ3n) is 5.01. The maximum atomic E-state index is 12.8. The predicted octanol–water partition coefficient (Wildman–Crippen LogP) is -0.501. The van der Waals surface area contributed by atoms with Crippen molar-refractivity contribution in [1.82, 2.24) is 18.3 Å². The summed E-state index contributed by atoms with van der Waals surface area (Å²) in [7, 11) is -0.856. The highest BCUT2D eigenvalue weighted by Crippen LogP contribution is 2.22. The summed E-state index contributed by atoms with van der Waals surface area (Å²) in [6.07, 6.45) is 0. The van der Waals surface area contributed by atoms with Crippen LogP contribution in [0.5, 0.6) is 0 Å². The quantitative estimate of drug-likeness (QED) is 0.468. The molecular formula is C17H21N5O6S. The summed E-state index contributed by atoms with van der Waals surface area (Å²) >= 11 is 0. The Hall–Kier alpha value is -2.83. The van der Waals surface area contributed by atoms with Gasteiger partial charge in [0.15, 0.2) is 0 Å². The molecular weight excluding hydrogens is 402 g/mol. The van der Waals surface area contributed by atoms with E-state index in [1.165, 1.54) is 40.2 Å². The molecule has 0 aliphatic carbocycles. The van der Waals surface area contributed by atoms with E-state index in [1.54, 1.807) is 7.05 Å². The second-order valence-corrected chi connectivity index (χ2v) is 8.75. The minimum absolute atomic E-state index is 0.117. The van der Waals surface area contributed by atoms with Crippen LogP contribution in [-0.2, 0) is 30.7 Å². The van der Waals surface area contributed by atoms with Crippen molar-refractivity contribution in [3.63, 3.8) is 0 Å². The monoisotopic (exact) mass is 423 g/mol. The van der Waals surface area contributed by atoms with Crippen LogP contribution in [0.1, 0.15) is 5.69 Å². The SMILES string of the molecule is Cn1c(CN2CCN(S(=O)(=O)c3cccc([N+](=O)[O-])c3)CC2)cc(=O)n(C)c1=O. The fourth-order valence-electron chi connectivity index (χ4n) is 3.19. The van der Waals surface area contributed by atoms with Gasteiger partial charge >= 0.3 is 5.69 Å². The third kappa shape index (κ3) is 4.13. The van der Waals surface area contributed by atoms with Crippen molar-refractivity contribution < 1.29 is 13.3 Å². The van der Waals surface area contributed by atoms with Gasteiger partial charge in [0.2, 0.25) is 10.0 Å². The summed E-state index contributed by atoms with van der Waals surface area (Å²) in [6.45, 7) is 1.54. The zero-order chi connectivity index (χ0) is 21.3. The minimum atomic E-state index is -3.85. The molecule has 0 radical (unpaired) electrons. The molecule has 0 N–H and O–H groups in total. The van der Waals surface area contributed by atoms with E-state index in [2.05, 4.69) is 0 Å². The molecule has 1 saturated heterocycles. The molecule has 0 amide bonds. The van der Waals surface area contributed by atoms with Gasteiger partial charge in [-0.2, -0.15) is 4.31 Å². The lowest BCUT2D eigenvalue weighted by atomic mass is 10.3. The molecule has 11 nitrogen and oxygen atoms in total. The first-order valence-corrected chi connectivity index (χ1v) is 10.3. The number of rotatable bonds is 5. The Balaban J connectivity index is 1.72. The number of nitro groups is 1. The Morgan fingerprint density at radius 1 is 1.03 bits per heavy atom. The Bertz CT molecular complexity index is 1160. The number of hydrogen-bond acceptors (Lipinski definition) is 7. The molecule has 0 saturated carbocycles. The van der Waals surface area contributed by atoms with Gasteiger partial charge in [0, 0.05) is 70.7 Å². The summed E-state index contributed by atoms with van der Waals surface area (Å²) in [5, 5.41) is 10.9. The van der Waals surface area contributed by atoms with E-state index in [9.17, 15) is 28.1 Å². The molecule has 2 heterocycles. The zero-order valence-electron chi connectivity index (χ0n) is 16.0. The topological polar surface area (TPSA) is 128 Å². The van der Waals surface area contributed by atoms with Gasteiger partial charge in [-0.05, 0) is 6.07 Å². The van der Waals surface area contributed by atoms with Crippen molar-refractivity contribution >= 4 is 15.7 Å². The molecule has 1 aromatic carbocycles. The van der Waals surface area contributed by atoms with Crippen molar-refractivity contribution in [3.05, 3.63) is 67.0 Å². The third-order valence-corrected chi connectivity index (χ3v) is 6.90. The molecule has 12 heteroatoms. The summed E-state index contributed by atoms with van der Waals surface area (Å²) < 4.78 is 29.3. The Morgan fingerprint density at radius 2 is 1.69 bits per heavy atom. The van der Waals surface area contributed by atoms with E-state index in [-0.39, 0.29) is 23.7 Å². The number of piperazine rings is 1. The summed E-state index contributed by atoms with van der Waals surface area (Å²) in [5.74, 6) is 0. The maximum Gasteiger partial charge on any atom is 0.330 e. The molecule has 29 heavy (non-hydrogen) atoms. The zero-order valence-corrected chi connectivity index (χ0v) is 16.8. The number of nitrogens with zero attached hydrogens (tertiary/aromatic N) is 5. The lowest BCUT2D eigenvalue weighted by Crippen LogP contribution is -2.49. The van der Waals surface area contributed by atoms with Gasteiger partial charge < -0.3 is 0 Å². The van der Waals surface area contributed by atoms with Crippen molar-refractivity contribution in [2.45, 2.75) is 11.4 Å². The van der Waals surface area contributed by atoms with Crippen molar-refractivity contribution in [3.8, 4) is 0 Å². The number of hydrogen-bond donors (Lipinski definition) is 0. The normalized spacial score (nSPS) is 16.1. The Morgan fingerprint density at radius 3 is 2.31 bits per heavy atom. The number of benzene rings is 1. The summed E-state index contributed by atoms with van der Waals surface area (Å²) in [4.78, 5) is 36.0. The van der Waals surface area contributed by atoms with E-state index in [0.29, 0.717) is 25.3 Å². The Labute approximate surface area is 166 Å².